The molecule has 0 aromatic carbocycles. The van der Waals surface area contributed by atoms with Gasteiger partial charge in [0.2, 0.25) is 0 Å². The van der Waals surface area contributed by atoms with Gasteiger partial charge in [0.1, 0.15) is 0 Å². The van der Waals surface area contributed by atoms with Crippen molar-refractivity contribution in [3.63, 3.8) is 0 Å². The molecule has 0 aromatic rings. The summed E-state index contributed by atoms with van der Waals surface area (Å²) < 4.78 is 28.5. The SMILES string of the molecule is [O]=[V][O]C(C(=O)O)C([O][V]=[O])C(=O)O. The normalized spacial score (nSPS) is 14.0. The van der Waals surface area contributed by atoms with Crippen LogP contribution in [-0.4, -0.2) is 34.4 Å². The second-order valence-electron chi connectivity index (χ2n) is 1.88. The van der Waals surface area contributed by atoms with E-state index in [9.17, 15) is 16.9 Å². The quantitative estimate of drug-likeness (QED) is 0.584. The van der Waals surface area contributed by atoms with Gasteiger partial charge in [0, 0.05) is 0 Å². The molecule has 0 bridgehead atoms. The Bertz CT molecular complexity index is 226. The van der Waals surface area contributed by atoms with E-state index in [0.717, 1.165) is 0 Å². The van der Waals surface area contributed by atoms with Crippen molar-refractivity contribution in [1.82, 2.24) is 0 Å². The first-order valence-corrected chi connectivity index (χ1v) is 5.25. The Kier molecular flexibility index (Phi) is 6.81. The van der Waals surface area contributed by atoms with Gasteiger partial charge >= 0.3 is 91.8 Å². The van der Waals surface area contributed by atoms with Crippen LogP contribution in [0, 0.1) is 0 Å². The van der Waals surface area contributed by atoms with Gasteiger partial charge in [0.05, 0.1) is 0 Å². The molecule has 0 aromatic heterocycles. The minimum atomic E-state index is -1.97. The molecule has 2 unspecified atom stereocenters. The monoisotopic (exact) mass is 282 g/mol. The van der Waals surface area contributed by atoms with Crippen LogP contribution in [0.25, 0.3) is 0 Å². The van der Waals surface area contributed by atoms with Crippen LogP contribution in [0.5, 0.6) is 0 Å². The predicted octanol–water partition coefficient (Wildman–Crippen LogP) is -1.39. The van der Waals surface area contributed by atoms with Crippen molar-refractivity contribution in [1.29, 1.82) is 0 Å². The zero-order valence-electron chi connectivity index (χ0n) is 6.39. The molecule has 0 aliphatic carbocycles. The molecule has 0 heterocycles. The van der Waals surface area contributed by atoms with Crippen LogP contribution in [0.3, 0.4) is 0 Å². The van der Waals surface area contributed by atoms with Gasteiger partial charge in [-0.2, -0.15) is 0 Å². The Labute approximate surface area is 91.9 Å². The summed E-state index contributed by atoms with van der Waals surface area (Å²) in [4.78, 5) is 20.9. The third-order valence-corrected chi connectivity index (χ3v) is 2.05. The summed E-state index contributed by atoms with van der Waals surface area (Å²) in [7, 11) is 0. The van der Waals surface area contributed by atoms with Gasteiger partial charge in [0.15, 0.2) is 0 Å². The standard InChI is InChI=1S/C4H4O6.2O.2V/c5-1(3(7)8)2(6)4(9)10;;;;/h1-2H,(H,7,8)(H,9,10);;;;/q-2;;;2*+1. The van der Waals surface area contributed by atoms with Gasteiger partial charge < -0.3 is 0 Å². The van der Waals surface area contributed by atoms with Crippen LogP contribution in [0.4, 0.5) is 0 Å². The van der Waals surface area contributed by atoms with E-state index in [4.69, 9.17) is 10.2 Å². The number of carbonyl (C=O) groups is 2. The zero-order valence-corrected chi connectivity index (χ0v) is 9.19. The van der Waals surface area contributed by atoms with E-state index in [-0.39, 0.29) is 0 Å². The number of carboxylic acids is 2. The molecular formula is C4H4O8V2. The van der Waals surface area contributed by atoms with Gasteiger partial charge in [-0.15, -0.1) is 0 Å². The molecule has 0 rings (SSSR count). The summed E-state index contributed by atoms with van der Waals surface area (Å²) in [5, 5.41) is 16.9. The Morgan fingerprint density at radius 3 is 1.36 bits per heavy atom. The third-order valence-electron chi connectivity index (χ3n) is 1.07. The van der Waals surface area contributed by atoms with Gasteiger partial charge in [-0.25, -0.2) is 0 Å². The Morgan fingerprint density at radius 1 is 0.929 bits per heavy atom. The molecule has 0 saturated heterocycles. The van der Waals surface area contributed by atoms with Gasteiger partial charge in [-0.1, -0.05) is 0 Å². The summed E-state index contributed by atoms with van der Waals surface area (Å²) in [6.45, 7) is 0. The molecule has 0 spiro atoms. The topological polar surface area (TPSA) is 127 Å². The van der Waals surface area contributed by atoms with Gasteiger partial charge in [-0.05, 0) is 0 Å². The van der Waals surface area contributed by atoms with Gasteiger partial charge in [0.25, 0.3) is 0 Å². The molecule has 0 aliphatic heterocycles. The summed E-state index contributed by atoms with van der Waals surface area (Å²) >= 11 is -3.95. The van der Waals surface area contributed by atoms with Crippen molar-refractivity contribution in [3.8, 4) is 0 Å². The maximum absolute atomic E-state index is 10.4. The van der Waals surface area contributed by atoms with E-state index in [1.165, 1.54) is 0 Å². The molecule has 78 valence electrons. The predicted molar refractivity (Wildman–Crippen MR) is 26.4 cm³/mol. The second-order valence-corrected chi connectivity index (χ2v) is 3.00. The van der Waals surface area contributed by atoms with Crippen molar-refractivity contribution in [2.45, 2.75) is 12.2 Å². The molecule has 0 amide bonds. The first-order chi connectivity index (χ1) is 6.54. The fourth-order valence-electron chi connectivity index (χ4n) is 0.552. The van der Waals surface area contributed by atoms with Crippen LogP contribution < -0.4 is 0 Å². The Morgan fingerprint density at radius 2 is 1.21 bits per heavy atom. The average molecular weight is 282 g/mol. The van der Waals surface area contributed by atoms with Crippen molar-refractivity contribution in [2.24, 2.45) is 0 Å². The first-order valence-electron chi connectivity index (χ1n) is 2.97. The third kappa shape index (κ3) is 4.23. The van der Waals surface area contributed by atoms with Crippen molar-refractivity contribution in [2.75, 3.05) is 0 Å². The van der Waals surface area contributed by atoms with Crippen molar-refractivity contribution < 1.29 is 67.6 Å². The van der Waals surface area contributed by atoms with E-state index < -0.39 is 57.3 Å². The van der Waals surface area contributed by atoms with E-state index in [0.29, 0.717) is 0 Å². The molecule has 0 fully saturated rings. The minimum absolute atomic E-state index is 1.64. The molecule has 2 atom stereocenters. The van der Waals surface area contributed by atoms with Crippen LogP contribution in [0.2, 0.25) is 0 Å². The summed E-state index contributed by atoms with van der Waals surface area (Å²) in [6, 6.07) is 0. The zero-order chi connectivity index (χ0) is 11.1. The van der Waals surface area contributed by atoms with E-state index in [2.05, 4.69) is 7.32 Å². The molecule has 0 radical (unpaired) electrons. The van der Waals surface area contributed by atoms with E-state index in [1.54, 1.807) is 0 Å². The fraction of sp³-hybridized carbons (Fsp3) is 0.500. The van der Waals surface area contributed by atoms with Gasteiger partial charge in [-0.3, -0.25) is 0 Å². The van der Waals surface area contributed by atoms with E-state index in [1.807, 2.05) is 0 Å². The van der Waals surface area contributed by atoms with E-state index >= 15 is 0 Å². The number of rotatable bonds is 7. The van der Waals surface area contributed by atoms with Crippen LogP contribution in [-0.2, 0) is 57.4 Å². The molecule has 14 heavy (non-hydrogen) atoms. The maximum atomic E-state index is 10.4. The first kappa shape index (κ1) is 13.6. The van der Waals surface area contributed by atoms with Crippen molar-refractivity contribution >= 4 is 11.9 Å². The molecule has 0 aliphatic rings. The summed E-state index contributed by atoms with van der Waals surface area (Å²) in [5.41, 5.74) is 0. The summed E-state index contributed by atoms with van der Waals surface area (Å²) in [6.07, 6.45) is -3.82. The fourth-order valence-corrected chi connectivity index (χ4v) is 1.47. The molecule has 10 heteroatoms. The number of aliphatic carboxylic acids is 2. The molecular weight excluding hydrogens is 278 g/mol. The van der Waals surface area contributed by atoms with Crippen LogP contribution >= 0.6 is 0 Å². The summed E-state index contributed by atoms with van der Waals surface area (Å²) in [5.74, 6) is -3.28. The average Bonchev–Trinajstić information content (AvgIpc) is 2.10. The second kappa shape index (κ2) is 6.99. The molecule has 0 saturated carbocycles. The molecule has 2 N–H and O–H groups in total. The number of hydrogen-bond donors (Lipinski definition) is 2. The van der Waals surface area contributed by atoms with Crippen LogP contribution in [0.15, 0.2) is 0 Å². The Hall–Kier alpha value is -0.371. The number of hydrogen-bond acceptors (Lipinski definition) is 6. The Balaban J connectivity index is 4.70. The molecule has 8 nitrogen and oxygen atoms in total. The van der Waals surface area contributed by atoms with Crippen LogP contribution in [0.1, 0.15) is 0 Å². The number of carboxylic acid groups (broad SMARTS) is 2. The van der Waals surface area contributed by atoms with Crippen molar-refractivity contribution in [3.05, 3.63) is 0 Å².